The number of pyridine rings is 1. The maximum Gasteiger partial charge on any atom is 0.272 e. The number of H-pyrrole nitrogens is 1. The SMILES string of the molecule is CCN1CCN(Cc2ccc(NC(=O)c3cc4ccc5cccnc5c4[nH]3)cc2)CC1. The Kier molecular flexibility index (Phi) is 5.40. The van der Waals surface area contributed by atoms with Crippen molar-refractivity contribution in [1.82, 2.24) is 19.8 Å². The molecule has 2 aromatic carbocycles. The van der Waals surface area contributed by atoms with Crippen molar-refractivity contribution in [3.8, 4) is 0 Å². The second-order valence-electron chi connectivity index (χ2n) is 8.15. The fourth-order valence-corrected chi connectivity index (χ4v) is 4.27. The average Bonchev–Trinajstić information content (AvgIpc) is 3.26. The van der Waals surface area contributed by atoms with Crippen LogP contribution in [0.2, 0.25) is 0 Å². The number of fused-ring (bicyclic) bond motifs is 3. The minimum atomic E-state index is -0.149. The third kappa shape index (κ3) is 4.17. The first-order valence-electron chi connectivity index (χ1n) is 10.9. The average molecular weight is 414 g/mol. The van der Waals surface area contributed by atoms with Crippen LogP contribution in [-0.2, 0) is 6.54 Å². The van der Waals surface area contributed by atoms with E-state index >= 15 is 0 Å². The Hall–Kier alpha value is -3.22. The van der Waals surface area contributed by atoms with E-state index < -0.39 is 0 Å². The van der Waals surface area contributed by atoms with Crippen LogP contribution in [0.4, 0.5) is 5.69 Å². The summed E-state index contributed by atoms with van der Waals surface area (Å²) in [6.07, 6.45) is 1.77. The summed E-state index contributed by atoms with van der Waals surface area (Å²) in [6.45, 7) is 8.79. The maximum absolute atomic E-state index is 12.8. The van der Waals surface area contributed by atoms with Gasteiger partial charge in [-0.2, -0.15) is 0 Å². The topological polar surface area (TPSA) is 64.3 Å². The Morgan fingerprint density at radius 1 is 1.00 bits per heavy atom. The number of rotatable bonds is 5. The van der Waals surface area contributed by atoms with Crippen molar-refractivity contribution < 1.29 is 4.79 Å². The number of nitrogens with zero attached hydrogens (tertiary/aromatic N) is 3. The number of carbonyl (C=O) groups excluding carboxylic acids is 1. The largest absolute Gasteiger partial charge is 0.349 e. The minimum Gasteiger partial charge on any atom is -0.349 e. The van der Waals surface area contributed by atoms with Gasteiger partial charge in [0.05, 0.1) is 11.0 Å². The van der Waals surface area contributed by atoms with Crippen LogP contribution in [0.3, 0.4) is 0 Å². The summed E-state index contributed by atoms with van der Waals surface area (Å²) < 4.78 is 0. The van der Waals surface area contributed by atoms with Crippen molar-refractivity contribution in [3.63, 3.8) is 0 Å². The summed E-state index contributed by atoms with van der Waals surface area (Å²) in [5, 5.41) is 5.03. The molecule has 1 aliphatic heterocycles. The molecule has 1 fully saturated rings. The van der Waals surface area contributed by atoms with Gasteiger partial charge in [0.2, 0.25) is 0 Å². The van der Waals surface area contributed by atoms with E-state index in [2.05, 4.69) is 44.1 Å². The van der Waals surface area contributed by atoms with Crippen LogP contribution in [-0.4, -0.2) is 58.4 Å². The van der Waals surface area contributed by atoms with E-state index in [0.29, 0.717) is 5.69 Å². The highest BCUT2D eigenvalue weighted by atomic mass is 16.1. The molecular weight excluding hydrogens is 386 g/mol. The van der Waals surface area contributed by atoms with Gasteiger partial charge in [-0.3, -0.25) is 14.7 Å². The molecular formula is C25H27N5O. The van der Waals surface area contributed by atoms with Gasteiger partial charge in [-0.1, -0.05) is 37.3 Å². The first kappa shape index (κ1) is 19.7. The monoisotopic (exact) mass is 413 g/mol. The van der Waals surface area contributed by atoms with Crippen molar-refractivity contribution in [3.05, 3.63) is 72.1 Å². The molecule has 31 heavy (non-hydrogen) atoms. The van der Waals surface area contributed by atoms with E-state index in [1.54, 1.807) is 6.20 Å². The Balaban J connectivity index is 1.26. The lowest BCUT2D eigenvalue weighted by Crippen LogP contribution is -2.45. The molecule has 3 heterocycles. The van der Waals surface area contributed by atoms with Gasteiger partial charge in [0, 0.05) is 55.4 Å². The number of anilines is 1. The third-order valence-electron chi connectivity index (χ3n) is 6.14. The van der Waals surface area contributed by atoms with Crippen molar-refractivity contribution >= 4 is 33.4 Å². The molecule has 0 atom stereocenters. The van der Waals surface area contributed by atoms with Crippen molar-refractivity contribution in [2.75, 3.05) is 38.0 Å². The fraction of sp³-hybridized carbons (Fsp3) is 0.280. The van der Waals surface area contributed by atoms with Crippen molar-refractivity contribution in [1.29, 1.82) is 0 Å². The molecule has 6 nitrogen and oxygen atoms in total. The lowest BCUT2D eigenvalue weighted by molar-refractivity contribution is 0.102. The van der Waals surface area contributed by atoms with Crippen LogP contribution >= 0.6 is 0 Å². The molecule has 1 saturated heterocycles. The number of aromatic amines is 1. The maximum atomic E-state index is 12.8. The number of nitrogens with one attached hydrogen (secondary N) is 2. The predicted molar refractivity (Wildman–Crippen MR) is 125 cm³/mol. The van der Waals surface area contributed by atoms with E-state index in [0.717, 1.165) is 66.8 Å². The molecule has 6 heteroatoms. The van der Waals surface area contributed by atoms with Gasteiger partial charge in [-0.05, 0) is 36.4 Å². The summed E-state index contributed by atoms with van der Waals surface area (Å²) in [5.41, 5.74) is 4.37. The van der Waals surface area contributed by atoms with Crippen LogP contribution in [0.5, 0.6) is 0 Å². The Morgan fingerprint density at radius 3 is 2.52 bits per heavy atom. The molecule has 2 N–H and O–H groups in total. The lowest BCUT2D eigenvalue weighted by Gasteiger charge is -2.34. The standard InChI is InChI=1S/C25H27N5O/c1-2-29-12-14-30(15-13-29)17-18-5-9-21(10-6-18)27-25(31)22-16-20-8-7-19-4-3-11-26-23(19)24(20)28-22/h3-11,16,28H,2,12-15,17H2,1H3,(H,27,31). The van der Waals surface area contributed by atoms with E-state index in [9.17, 15) is 4.79 Å². The van der Waals surface area contributed by atoms with Gasteiger partial charge in [-0.25, -0.2) is 0 Å². The molecule has 0 unspecified atom stereocenters. The highest BCUT2D eigenvalue weighted by Crippen LogP contribution is 2.24. The number of piperazine rings is 1. The van der Waals surface area contributed by atoms with Gasteiger partial charge >= 0.3 is 0 Å². The normalized spacial score (nSPS) is 15.5. The lowest BCUT2D eigenvalue weighted by atomic mass is 10.1. The molecule has 5 rings (SSSR count). The minimum absolute atomic E-state index is 0.149. The zero-order valence-corrected chi connectivity index (χ0v) is 17.8. The molecule has 158 valence electrons. The molecule has 0 radical (unpaired) electrons. The van der Waals surface area contributed by atoms with E-state index in [4.69, 9.17) is 0 Å². The van der Waals surface area contributed by atoms with Gasteiger partial charge in [0.1, 0.15) is 5.69 Å². The molecule has 1 aliphatic rings. The first-order chi connectivity index (χ1) is 15.2. The van der Waals surface area contributed by atoms with E-state index in [-0.39, 0.29) is 5.91 Å². The molecule has 2 aromatic heterocycles. The molecule has 0 aliphatic carbocycles. The van der Waals surface area contributed by atoms with Crippen LogP contribution in [0.25, 0.3) is 21.8 Å². The quantitative estimate of drug-likeness (QED) is 0.517. The van der Waals surface area contributed by atoms with Crippen LogP contribution in [0.15, 0.2) is 60.8 Å². The predicted octanol–water partition coefficient (Wildman–Crippen LogP) is 4.11. The van der Waals surface area contributed by atoms with E-state index in [1.165, 1.54) is 5.56 Å². The summed E-state index contributed by atoms with van der Waals surface area (Å²) in [5.74, 6) is -0.149. The Bertz CT molecular complexity index is 1210. The number of benzene rings is 2. The highest BCUT2D eigenvalue weighted by molar-refractivity contribution is 6.10. The summed E-state index contributed by atoms with van der Waals surface area (Å²) >= 11 is 0. The molecule has 0 bridgehead atoms. The third-order valence-corrected chi connectivity index (χ3v) is 6.14. The highest BCUT2D eigenvalue weighted by Gasteiger charge is 2.16. The van der Waals surface area contributed by atoms with E-state index in [1.807, 2.05) is 42.5 Å². The fourth-order valence-electron chi connectivity index (χ4n) is 4.27. The number of carbonyl (C=O) groups is 1. The number of hydrogen-bond donors (Lipinski definition) is 2. The number of hydrogen-bond acceptors (Lipinski definition) is 4. The Morgan fingerprint density at radius 2 is 1.74 bits per heavy atom. The molecule has 1 amide bonds. The number of aromatic nitrogens is 2. The van der Waals surface area contributed by atoms with Gasteiger partial charge < -0.3 is 15.2 Å². The van der Waals surface area contributed by atoms with Crippen LogP contribution < -0.4 is 5.32 Å². The zero-order chi connectivity index (χ0) is 21.2. The van der Waals surface area contributed by atoms with Crippen LogP contribution in [0.1, 0.15) is 23.0 Å². The molecule has 0 spiro atoms. The second-order valence-corrected chi connectivity index (χ2v) is 8.15. The van der Waals surface area contributed by atoms with Gasteiger partial charge in [-0.15, -0.1) is 0 Å². The second kappa shape index (κ2) is 8.49. The summed E-state index contributed by atoms with van der Waals surface area (Å²) in [6, 6.07) is 18.0. The van der Waals surface area contributed by atoms with Gasteiger partial charge in [0.15, 0.2) is 0 Å². The first-order valence-corrected chi connectivity index (χ1v) is 10.9. The molecule has 4 aromatic rings. The van der Waals surface area contributed by atoms with Crippen molar-refractivity contribution in [2.24, 2.45) is 0 Å². The molecule has 0 saturated carbocycles. The number of amides is 1. The van der Waals surface area contributed by atoms with Crippen LogP contribution in [0, 0.1) is 0 Å². The summed E-state index contributed by atoms with van der Waals surface area (Å²) in [4.78, 5) is 25.5. The smallest absolute Gasteiger partial charge is 0.272 e. The van der Waals surface area contributed by atoms with Crippen molar-refractivity contribution in [2.45, 2.75) is 13.5 Å². The summed E-state index contributed by atoms with van der Waals surface area (Å²) in [7, 11) is 0. The van der Waals surface area contributed by atoms with Gasteiger partial charge in [0.25, 0.3) is 5.91 Å². The number of likely N-dealkylation sites (N-methyl/N-ethyl adjacent to an activating group) is 1. The zero-order valence-electron chi connectivity index (χ0n) is 17.8. The Labute approximate surface area is 181 Å².